The largest absolute Gasteiger partial charge is 0.316 e. The second kappa shape index (κ2) is 4.33. The van der Waals surface area contributed by atoms with Gasteiger partial charge in [-0.25, -0.2) is 0 Å². The van der Waals surface area contributed by atoms with Gasteiger partial charge in [-0.15, -0.1) is 0 Å². The zero-order valence-electron chi connectivity index (χ0n) is 11.2. The molecular weight excluding hydrogens is 222 g/mol. The number of nitrogens with one attached hydrogen (secondary N) is 1. The Balaban J connectivity index is 1.46. The lowest BCUT2D eigenvalue weighted by molar-refractivity contribution is -0.126. The van der Waals surface area contributed by atoms with Crippen LogP contribution in [0.5, 0.6) is 0 Å². The van der Waals surface area contributed by atoms with Gasteiger partial charge in [0.05, 0.1) is 0 Å². The fourth-order valence-corrected chi connectivity index (χ4v) is 5.77. The van der Waals surface area contributed by atoms with Gasteiger partial charge in [-0.3, -0.25) is 4.79 Å². The van der Waals surface area contributed by atoms with Crippen LogP contribution in [0.25, 0.3) is 0 Å². The van der Waals surface area contributed by atoms with Gasteiger partial charge in [0, 0.05) is 25.4 Å². The zero-order chi connectivity index (χ0) is 12.1. The van der Waals surface area contributed by atoms with E-state index in [9.17, 15) is 4.79 Å². The van der Waals surface area contributed by atoms with Gasteiger partial charge < -0.3 is 5.32 Å². The average Bonchev–Trinajstić information content (AvgIpc) is 2.35. The molecule has 4 bridgehead atoms. The molecule has 1 N–H and O–H groups in total. The maximum atomic E-state index is 12.0. The molecule has 1 atom stereocenters. The highest BCUT2D eigenvalue weighted by Crippen LogP contribution is 2.57. The Bertz CT molecular complexity index is 323. The van der Waals surface area contributed by atoms with Crippen LogP contribution < -0.4 is 5.32 Å². The van der Waals surface area contributed by atoms with Gasteiger partial charge in [0.2, 0.25) is 0 Å². The number of carbonyl (C=O) groups is 1. The van der Waals surface area contributed by atoms with Crippen molar-refractivity contribution < 1.29 is 4.79 Å². The summed E-state index contributed by atoms with van der Waals surface area (Å²) in [5, 5.41) is 3.42. The molecule has 0 aromatic heterocycles. The lowest BCUT2D eigenvalue weighted by Gasteiger charge is -2.55. The lowest BCUT2D eigenvalue weighted by Crippen LogP contribution is -2.47. The predicted octanol–water partition coefficient (Wildman–Crippen LogP) is 2.63. The Morgan fingerprint density at radius 1 is 1.00 bits per heavy atom. The summed E-state index contributed by atoms with van der Waals surface area (Å²) < 4.78 is 0. The van der Waals surface area contributed by atoms with E-state index >= 15 is 0 Å². The van der Waals surface area contributed by atoms with Crippen molar-refractivity contribution in [2.75, 3.05) is 13.1 Å². The van der Waals surface area contributed by atoms with E-state index in [2.05, 4.69) is 5.32 Å². The smallest absolute Gasteiger partial charge is 0.138 e. The van der Waals surface area contributed by atoms with Gasteiger partial charge >= 0.3 is 0 Å². The Labute approximate surface area is 110 Å². The molecule has 1 aliphatic heterocycles. The highest BCUT2D eigenvalue weighted by molar-refractivity contribution is 5.82. The first kappa shape index (κ1) is 11.5. The maximum Gasteiger partial charge on any atom is 0.138 e. The molecule has 1 saturated heterocycles. The van der Waals surface area contributed by atoms with Gasteiger partial charge in [0.15, 0.2) is 0 Å². The lowest BCUT2D eigenvalue weighted by atomic mass is 9.50. The summed E-state index contributed by atoms with van der Waals surface area (Å²) in [7, 11) is 0. The summed E-state index contributed by atoms with van der Waals surface area (Å²) in [6.07, 6.45) is 9.48. The monoisotopic (exact) mass is 247 g/mol. The summed E-state index contributed by atoms with van der Waals surface area (Å²) in [5.41, 5.74) is 0. The second-order valence-electron chi connectivity index (χ2n) is 7.45. The Morgan fingerprint density at radius 3 is 2.28 bits per heavy atom. The summed E-state index contributed by atoms with van der Waals surface area (Å²) in [6, 6.07) is 0. The molecule has 0 spiro atoms. The number of piperidine rings is 1. The van der Waals surface area contributed by atoms with Gasteiger partial charge in [0.1, 0.15) is 5.78 Å². The third-order valence-corrected chi connectivity index (χ3v) is 6.37. The predicted molar refractivity (Wildman–Crippen MR) is 71.1 cm³/mol. The van der Waals surface area contributed by atoms with Gasteiger partial charge in [0.25, 0.3) is 0 Å². The molecule has 0 amide bonds. The summed E-state index contributed by atoms with van der Waals surface area (Å²) >= 11 is 0. The fraction of sp³-hybridized carbons (Fsp3) is 0.938. The number of hydrogen-bond acceptors (Lipinski definition) is 2. The van der Waals surface area contributed by atoms with Crippen LogP contribution in [0.4, 0.5) is 0 Å². The third kappa shape index (κ3) is 1.84. The van der Waals surface area contributed by atoms with Crippen LogP contribution in [-0.2, 0) is 4.79 Å². The van der Waals surface area contributed by atoms with Crippen LogP contribution in [-0.4, -0.2) is 18.9 Å². The standard InChI is InChI=1S/C16H25NO/c18-16-1-2-17-9-14(16)8-15-12-4-10-3-11(6-12)7-13(15)5-10/h10-15,17H,1-9H2. The number of rotatable bonds is 2. The molecule has 4 aliphatic carbocycles. The summed E-state index contributed by atoms with van der Waals surface area (Å²) in [6.45, 7) is 1.87. The van der Waals surface area contributed by atoms with Crippen molar-refractivity contribution in [1.82, 2.24) is 5.32 Å². The van der Waals surface area contributed by atoms with Gasteiger partial charge in [-0.1, -0.05) is 0 Å². The van der Waals surface area contributed by atoms with E-state index in [1.54, 1.807) is 0 Å². The van der Waals surface area contributed by atoms with Crippen molar-refractivity contribution in [3.8, 4) is 0 Å². The topological polar surface area (TPSA) is 29.1 Å². The maximum absolute atomic E-state index is 12.0. The molecule has 1 unspecified atom stereocenters. The second-order valence-corrected chi connectivity index (χ2v) is 7.45. The highest BCUT2D eigenvalue weighted by Gasteiger charge is 2.48. The minimum Gasteiger partial charge on any atom is -0.316 e. The molecule has 2 nitrogen and oxygen atoms in total. The van der Waals surface area contributed by atoms with Gasteiger partial charge in [-0.05, 0) is 68.1 Å². The molecule has 1 heterocycles. The minimum atomic E-state index is 0.348. The normalized spacial score (nSPS) is 50.8. The first-order valence-electron chi connectivity index (χ1n) is 8.03. The molecule has 0 radical (unpaired) electrons. The Kier molecular flexibility index (Phi) is 2.76. The summed E-state index contributed by atoms with van der Waals surface area (Å²) in [4.78, 5) is 12.0. The molecule has 5 fully saturated rings. The molecular formula is C16H25NO. The van der Waals surface area contributed by atoms with Crippen molar-refractivity contribution >= 4 is 5.78 Å². The molecule has 100 valence electrons. The molecule has 18 heavy (non-hydrogen) atoms. The molecule has 0 aromatic carbocycles. The number of ketones is 1. The van der Waals surface area contributed by atoms with Crippen molar-refractivity contribution in [3.05, 3.63) is 0 Å². The number of carbonyl (C=O) groups excluding carboxylic acids is 1. The molecule has 2 heteroatoms. The molecule has 0 aromatic rings. The summed E-state index contributed by atoms with van der Waals surface area (Å²) in [5.74, 6) is 5.87. The van der Waals surface area contributed by atoms with Crippen LogP contribution in [0.15, 0.2) is 0 Å². The van der Waals surface area contributed by atoms with E-state index in [0.29, 0.717) is 11.7 Å². The van der Waals surface area contributed by atoms with Crippen molar-refractivity contribution in [2.24, 2.45) is 35.5 Å². The SMILES string of the molecule is O=C1CCNCC1CC1C2CC3CC(C2)CC1C3. The van der Waals surface area contributed by atoms with Crippen LogP contribution in [0.3, 0.4) is 0 Å². The van der Waals surface area contributed by atoms with E-state index in [-0.39, 0.29) is 0 Å². The van der Waals surface area contributed by atoms with E-state index in [1.807, 2.05) is 0 Å². The molecule has 4 saturated carbocycles. The first-order chi connectivity index (χ1) is 8.79. The quantitative estimate of drug-likeness (QED) is 0.812. The van der Waals surface area contributed by atoms with Crippen molar-refractivity contribution in [1.29, 1.82) is 0 Å². The van der Waals surface area contributed by atoms with Crippen LogP contribution >= 0.6 is 0 Å². The minimum absolute atomic E-state index is 0.348. The third-order valence-electron chi connectivity index (χ3n) is 6.37. The molecule has 5 rings (SSSR count). The van der Waals surface area contributed by atoms with Crippen molar-refractivity contribution in [3.63, 3.8) is 0 Å². The number of Topliss-reactive ketones (excluding diaryl/α,β-unsaturated/α-hetero) is 1. The Morgan fingerprint density at radius 2 is 1.67 bits per heavy atom. The van der Waals surface area contributed by atoms with Crippen LogP contribution in [0.1, 0.15) is 44.9 Å². The number of hydrogen-bond donors (Lipinski definition) is 1. The molecule has 5 aliphatic rings. The average molecular weight is 247 g/mol. The fourth-order valence-electron chi connectivity index (χ4n) is 5.77. The van der Waals surface area contributed by atoms with E-state index < -0.39 is 0 Å². The van der Waals surface area contributed by atoms with Crippen LogP contribution in [0.2, 0.25) is 0 Å². The first-order valence-corrected chi connectivity index (χ1v) is 8.03. The highest BCUT2D eigenvalue weighted by atomic mass is 16.1. The van der Waals surface area contributed by atoms with E-state index in [1.165, 1.54) is 38.5 Å². The Hall–Kier alpha value is -0.370. The van der Waals surface area contributed by atoms with Crippen LogP contribution in [0, 0.1) is 35.5 Å². The van der Waals surface area contributed by atoms with Gasteiger partial charge in [-0.2, -0.15) is 0 Å². The zero-order valence-corrected chi connectivity index (χ0v) is 11.2. The van der Waals surface area contributed by atoms with E-state index in [0.717, 1.165) is 49.1 Å². The van der Waals surface area contributed by atoms with Crippen molar-refractivity contribution in [2.45, 2.75) is 44.9 Å². The van der Waals surface area contributed by atoms with E-state index in [4.69, 9.17) is 0 Å².